The molecule has 0 atom stereocenters. The Hall–Kier alpha value is -1.02. The molecule has 0 radical (unpaired) electrons. The zero-order valence-electron chi connectivity index (χ0n) is 6.89. The second-order valence-electron chi connectivity index (χ2n) is 2.84. The van der Waals surface area contributed by atoms with Gasteiger partial charge < -0.3 is 4.42 Å². The highest BCUT2D eigenvalue weighted by Crippen LogP contribution is 2.22. The van der Waals surface area contributed by atoms with Gasteiger partial charge in [0.1, 0.15) is 16.4 Å². The number of nitrogens with zero attached hydrogens (tertiary/aromatic N) is 1. The topological polar surface area (TPSA) is 26.0 Å². The molecule has 0 aliphatic heterocycles. The van der Waals surface area contributed by atoms with Crippen LogP contribution in [-0.2, 0) is 0 Å². The van der Waals surface area contributed by atoms with Crippen LogP contribution in [0.15, 0.2) is 16.5 Å². The molecule has 0 amide bonds. The van der Waals surface area contributed by atoms with Crippen LogP contribution in [0, 0.1) is 13.8 Å². The summed E-state index contributed by atoms with van der Waals surface area (Å²) in [5.41, 5.74) is 2.57. The maximum absolute atomic E-state index is 5.84. The normalized spacial score (nSPS) is 10.9. The average molecular weight is 182 g/mol. The molecule has 0 aromatic carbocycles. The van der Waals surface area contributed by atoms with Crippen LogP contribution in [0.25, 0.3) is 11.1 Å². The first kappa shape index (κ1) is 7.62. The molecule has 2 aromatic heterocycles. The highest BCUT2D eigenvalue weighted by Gasteiger charge is 2.04. The number of pyridine rings is 1. The van der Waals surface area contributed by atoms with Crippen molar-refractivity contribution in [3.8, 4) is 0 Å². The Morgan fingerprint density at radius 2 is 2.08 bits per heavy atom. The Balaban J connectivity index is 2.83. The lowest BCUT2D eigenvalue weighted by atomic mass is 10.3. The maximum atomic E-state index is 5.84. The highest BCUT2D eigenvalue weighted by molar-refractivity contribution is 6.30. The summed E-state index contributed by atoms with van der Waals surface area (Å²) in [5, 5.41) is 0.545. The second kappa shape index (κ2) is 2.49. The van der Waals surface area contributed by atoms with Crippen molar-refractivity contribution < 1.29 is 4.42 Å². The van der Waals surface area contributed by atoms with Crippen LogP contribution in [0.5, 0.6) is 0 Å². The minimum absolute atomic E-state index is 0.545. The molecule has 0 saturated carbocycles. The van der Waals surface area contributed by atoms with Crippen molar-refractivity contribution in [1.29, 1.82) is 0 Å². The zero-order valence-corrected chi connectivity index (χ0v) is 7.64. The molecule has 2 aromatic rings. The van der Waals surface area contributed by atoms with Crippen LogP contribution in [0.2, 0.25) is 5.15 Å². The molecule has 2 rings (SSSR count). The summed E-state index contributed by atoms with van der Waals surface area (Å²) in [6.07, 6.45) is 0. The van der Waals surface area contributed by atoms with E-state index in [0.29, 0.717) is 5.15 Å². The molecule has 2 heterocycles. The van der Waals surface area contributed by atoms with Crippen molar-refractivity contribution in [2.24, 2.45) is 0 Å². The fraction of sp³-hybridized carbons (Fsp3) is 0.222. The van der Waals surface area contributed by atoms with Crippen molar-refractivity contribution in [3.05, 3.63) is 28.6 Å². The number of aryl methyl sites for hydroxylation is 2. The lowest BCUT2D eigenvalue weighted by Gasteiger charge is -1.94. The zero-order chi connectivity index (χ0) is 8.72. The first-order chi connectivity index (χ1) is 5.66. The maximum Gasteiger partial charge on any atom is 0.153 e. The number of furan rings is 1. The van der Waals surface area contributed by atoms with E-state index in [1.807, 2.05) is 26.0 Å². The Kier molecular flexibility index (Phi) is 1.58. The van der Waals surface area contributed by atoms with Gasteiger partial charge in [0.15, 0.2) is 5.58 Å². The summed E-state index contributed by atoms with van der Waals surface area (Å²) < 4.78 is 5.38. The first-order valence-electron chi connectivity index (χ1n) is 3.70. The molecule has 0 aliphatic rings. The molecule has 0 aliphatic carbocycles. The van der Waals surface area contributed by atoms with E-state index < -0.39 is 0 Å². The average Bonchev–Trinajstić information content (AvgIpc) is 2.30. The molecular weight excluding hydrogens is 174 g/mol. The third kappa shape index (κ3) is 1.08. The minimum Gasteiger partial charge on any atom is -0.460 e. The fourth-order valence-corrected chi connectivity index (χ4v) is 1.31. The molecule has 0 bridgehead atoms. The van der Waals surface area contributed by atoms with Crippen LogP contribution in [0.1, 0.15) is 11.3 Å². The fourth-order valence-electron chi connectivity index (χ4n) is 1.16. The van der Waals surface area contributed by atoms with E-state index in [0.717, 1.165) is 22.4 Å². The summed E-state index contributed by atoms with van der Waals surface area (Å²) >= 11 is 5.84. The van der Waals surface area contributed by atoms with Crippen LogP contribution >= 0.6 is 11.6 Å². The summed E-state index contributed by atoms with van der Waals surface area (Å²) in [4.78, 5) is 4.17. The van der Waals surface area contributed by atoms with Gasteiger partial charge in [-0.25, -0.2) is 4.98 Å². The molecule has 3 heteroatoms. The molecule has 2 nitrogen and oxygen atoms in total. The molecule has 0 N–H and O–H groups in total. The van der Waals surface area contributed by atoms with Gasteiger partial charge in [-0.3, -0.25) is 0 Å². The van der Waals surface area contributed by atoms with Crippen LogP contribution in [0.4, 0.5) is 0 Å². The van der Waals surface area contributed by atoms with Gasteiger partial charge in [-0.1, -0.05) is 11.6 Å². The quantitative estimate of drug-likeness (QED) is 0.584. The number of hydrogen-bond acceptors (Lipinski definition) is 2. The predicted octanol–water partition coefficient (Wildman–Crippen LogP) is 3.10. The van der Waals surface area contributed by atoms with Gasteiger partial charge in [0.05, 0.1) is 0 Å². The summed E-state index contributed by atoms with van der Waals surface area (Å²) in [6, 6.07) is 3.78. The van der Waals surface area contributed by atoms with Gasteiger partial charge in [-0.05, 0) is 25.5 Å². The first-order valence-corrected chi connectivity index (χ1v) is 4.08. The summed E-state index contributed by atoms with van der Waals surface area (Å²) in [7, 11) is 0. The van der Waals surface area contributed by atoms with Gasteiger partial charge >= 0.3 is 0 Å². The van der Waals surface area contributed by atoms with Crippen LogP contribution in [-0.4, -0.2) is 4.98 Å². The van der Waals surface area contributed by atoms with E-state index in [9.17, 15) is 0 Å². The van der Waals surface area contributed by atoms with Crippen molar-refractivity contribution in [2.45, 2.75) is 13.8 Å². The van der Waals surface area contributed by atoms with E-state index in [1.54, 1.807) is 0 Å². The lowest BCUT2D eigenvalue weighted by molar-refractivity contribution is 0.578. The van der Waals surface area contributed by atoms with Crippen LogP contribution in [0.3, 0.4) is 0 Å². The molecule has 62 valence electrons. The molecule has 0 spiro atoms. The number of aromatic nitrogens is 1. The largest absolute Gasteiger partial charge is 0.460 e. The third-order valence-corrected chi connectivity index (χ3v) is 2.14. The third-order valence-electron chi connectivity index (χ3n) is 1.75. The van der Waals surface area contributed by atoms with E-state index in [1.165, 1.54) is 0 Å². The van der Waals surface area contributed by atoms with E-state index in [2.05, 4.69) is 4.98 Å². The van der Waals surface area contributed by atoms with Gasteiger partial charge in [0, 0.05) is 6.07 Å². The standard InChI is InChI=1S/C9H8ClNO/c1-5-3-8-7(11-9(5)10)4-6(2)12-8/h3-4H,1-2H3. The number of halogens is 1. The number of rotatable bonds is 0. The molecule has 0 fully saturated rings. The van der Waals surface area contributed by atoms with Gasteiger partial charge in [-0.15, -0.1) is 0 Å². The van der Waals surface area contributed by atoms with Crippen molar-refractivity contribution in [1.82, 2.24) is 4.98 Å². The van der Waals surface area contributed by atoms with E-state index in [-0.39, 0.29) is 0 Å². The smallest absolute Gasteiger partial charge is 0.153 e. The van der Waals surface area contributed by atoms with Crippen LogP contribution < -0.4 is 0 Å². The van der Waals surface area contributed by atoms with Gasteiger partial charge in [0.25, 0.3) is 0 Å². The monoisotopic (exact) mass is 181 g/mol. The van der Waals surface area contributed by atoms with E-state index >= 15 is 0 Å². The number of fused-ring (bicyclic) bond motifs is 1. The Bertz CT molecular complexity index is 394. The number of hydrogen-bond donors (Lipinski definition) is 0. The Morgan fingerprint density at radius 1 is 1.33 bits per heavy atom. The molecule has 0 saturated heterocycles. The molecule has 0 unspecified atom stereocenters. The van der Waals surface area contributed by atoms with Crippen molar-refractivity contribution in [2.75, 3.05) is 0 Å². The van der Waals surface area contributed by atoms with Crippen molar-refractivity contribution >= 4 is 22.7 Å². The molecular formula is C9H8ClNO. The second-order valence-corrected chi connectivity index (χ2v) is 3.19. The molecule has 12 heavy (non-hydrogen) atoms. The minimum atomic E-state index is 0.545. The SMILES string of the molecule is Cc1cc2nc(Cl)c(C)cc2o1. The Labute approximate surface area is 75.2 Å². The van der Waals surface area contributed by atoms with Gasteiger partial charge in [0.2, 0.25) is 0 Å². The Morgan fingerprint density at radius 3 is 2.83 bits per heavy atom. The summed E-state index contributed by atoms with van der Waals surface area (Å²) in [5.74, 6) is 0.860. The highest BCUT2D eigenvalue weighted by atomic mass is 35.5. The van der Waals surface area contributed by atoms with Gasteiger partial charge in [-0.2, -0.15) is 0 Å². The lowest BCUT2D eigenvalue weighted by Crippen LogP contribution is -1.79. The van der Waals surface area contributed by atoms with Crippen molar-refractivity contribution in [3.63, 3.8) is 0 Å². The van der Waals surface area contributed by atoms with E-state index in [4.69, 9.17) is 16.0 Å². The predicted molar refractivity (Wildman–Crippen MR) is 48.5 cm³/mol. The summed E-state index contributed by atoms with van der Waals surface area (Å²) in [6.45, 7) is 3.80.